The van der Waals surface area contributed by atoms with Crippen LogP contribution in [0.25, 0.3) is 0 Å². The van der Waals surface area contributed by atoms with Crippen LogP contribution in [-0.2, 0) is 0 Å². The van der Waals surface area contributed by atoms with Gasteiger partial charge < -0.3 is 0 Å². The highest BCUT2D eigenvalue weighted by Crippen LogP contribution is 2.67. The lowest BCUT2D eigenvalue weighted by molar-refractivity contribution is -0.159. The molecule has 4 aliphatic rings. The summed E-state index contributed by atoms with van der Waals surface area (Å²) in [6, 6.07) is 0. The molecule has 0 radical (unpaired) electrons. The molecule has 0 bridgehead atoms. The van der Waals surface area contributed by atoms with Gasteiger partial charge >= 0.3 is 0 Å². The van der Waals surface area contributed by atoms with Crippen LogP contribution in [0, 0.1) is 46.3 Å². The highest BCUT2D eigenvalue weighted by Gasteiger charge is 2.59. The molecule has 0 heteroatoms. The average Bonchev–Trinajstić information content (AvgIpc) is 2.36. The second-order valence-electron chi connectivity index (χ2n) is 9.87. The van der Waals surface area contributed by atoms with Crippen molar-refractivity contribution in [2.75, 3.05) is 0 Å². The number of rotatable bonds is 0. The van der Waals surface area contributed by atoms with Crippen molar-refractivity contribution >= 4 is 0 Å². The first-order valence-electron chi connectivity index (χ1n) is 9.43. The number of hydrogen-bond acceptors (Lipinski definition) is 0. The second-order valence-corrected chi connectivity index (χ2v) is 9.87. The van der Waals surface area contributed by atoms with Crippen molar-refractivity contribution in [2.24, 2.45) is 46.3 Å². The molecule has 0 spiro atoms. The van der Waals surface area contributed by atoms with Gasteiger partial charge in [0.1, 0.15) is 0 Å². The first-order valence-corrected chi connectivity index (χ1v) is 9.43. The Morgan fingerprint density at radius 1 is 0.800 bits per heavy atom. The molecule has 4 saturated carbocycles. The van der Waals surface area contributed by atoms with Gasteiger partial charge in [-0.15, -0.1) is 0 Å². The standard InChI is InChI=1S/C20H34/c1-13-12-16-14(13)6-8-17-15(16)7-9-18-19(2,3)10-5-11-20(17,18)4/h13-18H,5-12H2,1-4H3. The van der Waals surface area contributed by atoms with E-state index in [-0.39, 0.29) is 0 Å². The van der Waals surface area contributed by atoms with Gasteiger partial charge in [-0.1, -0.05) is 34.1 Å². The molecule has 4 fully saturated rings. The maximum atomic E-state index is 2.71. The van der Waals surface area contributed by atoms with Gasteiger partial charge in [-0.25, -0.2) is 0 Å². The summed E-state index contributed by atoms with van der Waals surface area (Å²) in [5.41, 5.74) is 1.30. The van der Waals surface area contributed by atoms with E-state index in [1.165, 1.54) is 19.3 Å². The first kappa shape index (κ1) is 13.6. The summed E-state index contributed by atoms with van der Waals surface area (Å²) >= 11 is 0. The third-order valence-electron chi connectivity index (χ3n) is 8.71. The van der Waals surface area contributed by atoms with E-state index in [1.54, 1.807) is 32.1 Å². The Hall–Kier alpha value is 0. The molecule has 0 aromatic heterocycles. The molecule has 4 rings (SSSR count). The summed E-state index contributed by atoms with van der Waals surface area (Å²) in [6.45, 7) is 10.4. The summed E-state index contributed by atoms with van der Waals surface area (Å²) in [4.78, 5) is 0. The Labute approximate surface area is 126 Å². The molecule has 7 atom stereocenters. The molecule has 0 aromatic rings. The topological polar surface area (TPSA) is 0 Å². The smallest absolute Gasteiger partial charge is 0.0261 e. The van der Waals surface area contributed by atoms with Gasteiger partial charge in [0.2, 0.25) is 0 Å². The normalized spacial score (nSPS) is 57.0. The molecule has 0 N–H and O–H groups in total. The van der Waals surface area contributed by atoms with E-state index in [0.29, 0.717) is 10.8 Å². The van der Waals surface area contributed by atoms with Gasteiger partial charge in [-0.05, 0) is 91.3 Å². The third-order valence-corrected chi connectivity index (χ3v) is 8.71. The van der Waals surface area contributed by atoms with Gasteiger partial charge in [-0.3, -0.25) is 0 Å². The minimum absolute atomic E-state index is 0.613. The second kappa shape index (κ2) is 4.26. The van der Waals surface area contributed by atoms with Gasteiger partial charge in [0.25, 0.3) is 0 Å². The molecule has 0 amide bonds. The molecule has 0 nitrogen and oxygen atoms in total. The highest BCUT2D eigenvalue weighted by molar-refractivity contribution is 5.08. The van der Waals surface area contributed by atoms with E-state index in [0.717, 1.165) is 35.5 Å². The van der Waals surface area contributed by atoms with Crippen LogP contribution in [0.15, 0.2) is 0 Å². The fraction of sp³-hybridized carbons (Fsp3) is 1.00. The minimum atomic E-state index is 0.613. The van der Waals surface area contributed by atoms with E-state index in [4.69, 9.17) is 0 Å². The van der Waals surface area contributed by atoms with Crippen molar-refractivity contribution in [3.63, 3.8) is 0 Å². The van der Waals surface area contributed by atoms with Gasteiger partial charge in [0.15, 0.2) is 0 Å². The van der Waals surface area contributed by atoms with E-state index >= 15 is 0 Å². The van der Waals surface area contributed by atoms with Crippen LogP contribution in [0.3, 0.4) is 0 Å². The third kappa shape index (κ3) is 1.66. The average molecular weight is 274 g/mol. The molecule has 20 heavy (non-hydrogen) atoms. The van der Waals surface area contributed by atoms with Crippen LogP contribution in [0.5, 0.6) is 0 Å². The van der Waals surface area contributed by atoms with E-state index in [2.05, 4.69) is 27.7 Å². The van der Waals surface area contributed by atoms with E-state index < -0.39 is 0 Å². The Kier molecular flexibility index (Phi) is 2.91. The molecule has 4 aliphatic carbocycles. The monoisotopic (exact) mass is 274 g/mol. The van der Waals surface area contributed by atoms with Gasteiger partial charge in [0, 0.05) is 0 Å². The predicted molar refractivity (Wildman–Crippen MR) is 85.4 cm³/mol. The van der Waals surface area contributed by atoms with Crippen molar-refractivity contribution in [2.45, 2.75) is 79.1 Å². The van der Waals surface area contributed by atoms with Crippen LogP contribution in [-0.4, -0.2) is 0 Å². The van der Waals surface area contributed by atoms with Gasteiger partial charge in [0.05, 0.1) is 0 Å². The maximum Gasteiger partial charge on any atom is -0.0261 e. The van der Waals surface area contributed by atoms with Crippen LogP contribution < -0.4 is 0 Å². The van der Waals surface area contributed by atoms with Crippen molar-refractivity contribution in [1.82, 2.24) is 0 Å². The van der Waals surface area contributed by atoms with Crippen molar-refractivity contribution in [3.05, 3.63) is 0 Å². The van der Waals surface area contributed by atoms with E-state index in [1.807, 2.05) is 0 Å². The summed E-state index contributed by atoms with van der Waals surface area (Å²) in [5, 5.41) is 0. The number of hydrogen-bond donors (Lipinski definition) is 0. The predicted octanol–water partition coefficient (Wildman–Crippen LogP) is 5.91. The highest BCUT2D eigenvalue weighted by atomic mass is 14.6. The molecule has 0 heterocycles. The summed E-state index contributed by atoms with van der Waals surface area (Å²) in [5.74, 6) is 6.50. The lowest BCUT2D eigenvalue weighted by atomic mass is 9.40. The largest absolute Gasteiger partial charge is 0.0622 e. The molecule has 0 aliphatic heterocycles. The van der Waals surface area contributed by atoms with Crippen molar-refractivity contribution < 1.29 is 0 Å². The zero-order valence-corrected chi connectivity index (χ0v) is 14.1. The summed E-state index contributed by atoms with van der Waals surface area (Å²) in [6.07, 6.45) is 12.3. The quantitative estimate of drug-likeness (QED) is 0.515. The molecular formula is C20H34. The van der Waals surface area contributed by atoms with Crippen LogP contribution in [0.1, 0.15) is 79.1 Å². The van der Waals surface area contributed by atoms with Crippen molar-refractivity contribution in [3.8, 4) is 0 Å². The Morgan fingerprint density at radius 3 is 2.30 bits per heavy atom. The van der Waals surface area contributed by atoms with Crippen LogP contribution >= 0.6 is 0 Å². The molecule has 7 unspecified atom stereocenters. The number of fused-ring (bicyclic) bond motifs is 5. The lowest BCUT2D eigenvalue weighted by Crippen LogP contribution is -2.57. The molecular weight excluding hydrogens is 240 g/mol. The SMILES string of the molecule is CC1CC2C1CCC1C2CCC2C(C)(C)CCCC12C. The lowest BCUT2D eigenvalue weighted by Gasteiger charge is -2.65. The van der Waals surface area contributed by atoms with Crippen LogP contribution in [0.4, 0.5) is 0 Å². The Balaban J connectivity index is 1.63. The van der Waals surface area contributed by atoms with Crippen molar-refractivity contribution in [1.29, 1.82) is 0 Å². The van der Waals surface area contributed by atoms with Gasteiger partial charge in [-0.2, -0.15) is 0 Å². The zero-order valence-electron chi connectivity index (χ0n) is 14.1. The van der Waals surface area contributed by atoms with E-state index in [9.17, 15) is 0 Å². The first-order chi connectivity index (χ1) is 9.43. The fourth-order valence-corrected chi connectivity index (χ4v) is 7.80. The summed E-state index contributed by atoms with van der Waals surface area (Å²) < 4.78 is 0. The summed E-state index contributed by atoms with van der Waals surface area (Å²) in [7, 11) is 0. The molecule has 114 valence electrons. The zero-order chi connectivity index (χ0) is 14.1. The van der Waals surface area contributed by atoms with Crippen LogP contribution in [0.2, 0.25) is 0 Å². The minimum Gasteiger partial charge on any atom is -0.0622 e. The Morgan fingerprint density at radius 2 is 1.55 bits per heavy atom. The fourth-order valence-electron chi connectivity index (χ4n) is 7.80. The molecule has 0 aromatic carbocycles. The maximum absolute atomic E-state index is 2.71. The Bertz CT molecular complexity index is 395. The molecule has 0 saturated heterocycles.